The molecule has 331 valence electrons. The van der Waals surface area contributed by atoms with E-state index >= 15 is 0 Å². The number of benzene rings is 7. The number of hydrogen-bond acceptors (Lipinski definition) is 3. The molecule has 10 aromatic rings. The van der Waals surface area contributed by atoms with Crippen molar-refractivity contribution in [2.24, 2.45) is 5.41 Å². The molecule has 10 rings (SSSR count). The summed E-state index contributed by atoms with van der Waals surface area (Å²) in [5.41, 5.74) is 8.73. The van der Waals surface area contributed by atoms with Gasteiger partial charge >= 0.3 is 145 Å². The molecular weight excluding hydrogens is 1050 g/mol. The first-order valence-electron chi connectivity index (χ1n) is 24.9. The molecule has 65 heavy (non-hydrogen) atoms. The largest absolute Gasteiger partial charge is 0 e. The predicted octanol–water partition coefficient (Wildman–Crippen LogP) is 16.4. The third kappa shape index (κ3) is 9.28. The van der Waals surface area contributed by atoms with Crippen molar-refractivity contribution in [2.75, 3.05) is 0 Å². The monoisotopic (exact) mass is 1110 g/mol. The maximum Gasteiger partial charge on any atom is 0 e. The molecule has 3 heterocycles. The minimum Gasteiger partial charge on any atom is 0 e. The van der Waals surface area contributed by atoms with Crippen LogP contribution < -0.4 is 4.40 Å². The molecule has 0 spiro atoms. The van der Waals surface area contributed by atoms with Crippen LogP contribution in [-0.4, -0.2) is 27.8 Å². The van der Waals surface area contributed by atoms with Crippen molar-refractivity contribution in [1.29, 1.82) is 0 Å². The van der Waals surface area contributed by atoms with E-state index in [1.54, 1.807) is 12.1 Å². The molecule has 0 N–H and O–H groups in total. The Hall–Kier alpha value is -4.91. The van der Waals surface area contributed by atoms with E-state index in [4.69, 9.17) is 11.8 Å². The second-order valence-corrected chi connectivity index (χ2v) is 31.3. The van der Waals surface area contributed by atoms with Crippen LogP contribution in [0.15, 0.2) is 134 Å². The van der Waals surface area contributed by atoms with E-state index in [-0.39, 0.29) is 25.7 Å². The van der Waals surface area contributed by atoms with Crippen LogP contribution in [0.2, 0.25) is 17.3 Å². The molecule has 3 nitrogen and oxygen atoms in total. The maximum atomic E-state index is 8.80. The SMILES string of the molecule is CC(C)c1cccc(C(C)C)c1-n1c(-c2[c-]cc3sc4c(ccc5c6ccccc6ccc54)c3c2)nc2ccccc21.[2H]C([2H])([2H])c1c[c-]c(-c2cc(C([2H])([2H])C(C)(C)C)[c]([Ge]([CH3])([CH3])[CH3])cn2)cc1.[Ir]. The number of fused-ring (bicyclic) bond motifs is 8. The molecule has 0 aliphatic rings. The van der Waals surface area contributed by atoms with E-state index in [0.29, 0.717) is 28.7 Å². The second kappa shape index (κ2) is 18.4. The Bertz CT molecular complexity index is 3530. The number of pyridine rings is 1. The summed E-state index contributed by atoms with van der Waals surface area (Å²) in [5, 5.41) is 7.76. The molecule has 0 unspecified atom stereocenters. The predicted molar refractivity (Wildman–Crippen MR) is 281 cm³/mol. The quantitative estimate of drug-likeness (QED) is 0.0905. The topological polar surface area (TPSA) is 30.7 Å². The fraction of sp³-hybridized carbons (Fsp3) is 0.254. The van der Waals surface area contributed by atoms with Crippen molar-refractivity contribution < 1.29 is 27.0 Å². The van der Waals surface area contributed by atoms with Crippen molar-refractivity contribution in [1.82, 2.24) is 14.5 Å². The van der Waals surface area contributed by atoms with Gasteiger partial charge in [-0.1, -0.05) is 112 Å². The molecule has 0 atom stereocenters. The van der Waals surface area contributed by atoms with Gasteiger partial charge < -0.3 is 4.57 Å². The maximum absolute atomic E-state index is 8.80. The zero-order chi connectivity index (χ0) is 49.4. The summed E-state index contributed by atoms with van der Waals surface area (Å²) in [7, 11) is 0. The van der Waals surface area contributed by atoms with E-state index in [1.165, 1.54) is 64.6 Å². The first-order chi connectivity index (χ1) is 32.5. The molecule has 1 radical (unpaired) electrons. The van der Waals surface area contributed by atoms with Crippen LogP contribution >= 0.6 is 11.3 Å². The van der Waals surface area contributed by atoms with Gasteiger partial charge in [0.2, 0.25) is 0 Å². The van der Waals surface area contributed by atoms with Gasteiger partial charge in [0.15, 0.2) is 0 Å². The first kappa shape index (κ1) is 40.4. The van der Waals surface area contributed by atoms with Crippen LogP contribution in [-0.2, 0) is 26.5 Å². The summed E-state index contributed by atoms with van der Waals surface area (Å²) < 4.78 is 46.1. The second-order valence-electron chi connectivity index (χ2n) is 19.6. The summed E-state index contributed by atoms with van der Waals surface area (Å²) in [6, 6.07) is 50.8. The summed E-state index contributed by atoms with van der Waals surface area (Å²) in [6.45, 7) is 12.7. The third-order valence-corrected chi connectivity index (χ3v) is 17.4. The fourth-order valence-electron chi connectivity index (χ4n) is 8.89. The zero-order valence-corrected chi connectivity index (χ0v) is 44.2. The van der Waals surface area contributed by atoms with Crippen LogP contribution in [0.5, 0.6) is 0 Å². The molecule has 0 aliphatic heterocycles. The van der Waals surface area contributed by atoms with E-state index in [2.05, 4.69) is 170 Å². The molecule has 3 aromatic heterocycles. The normalized spacial score (nSPS) is 13.7. The van der Waals surface area contributed by atoms with Gasteiger partial charge in [-0.2, -0.15) is 11.3 Å². The first-order valence-corrected chi connectivity index (χ1v) is 30.5. The molecule has 0 aliphatic carbocycles. The van der Waals surface area contributed by atoms with Gasteiger partial charge in [0.05, 0.1) is 16.9 Å². The minimum atomic E-state index is -2.36. The Kier molecular flexibility index (Phi) is 11.4. The van der Waals surface area contributed by atoms with Crippen molar-refractivity contribution in [3.8, 4) is 28.3 Å². The van der Waals surface area contributed by atoms with Crippen LogP contribution in [0.3, 0.4) is 0 Å². The van der Waals surface area contributed by atoms with E-state index in [0.717, 1.165) is 26.8 Å². The van der Waals surface area contributed by atoms with Crippen molar-refractivity contribution in [2.45, 2.75) is 90.8 Å². The number of aromatic nitrogens is 3. The van der Waals surface area contributed by atoms with Gasteiger partial charge in [0, 0.05) is 30.5 Å². The van der Waals surface area contributed by atoms with Crippen molar-refractivity contribution >= 4 is 81.7 Å². The van der Waals surface area contributed by atoms with E-state index < -0.39 is 31.9 Å². The van der Waals surface area contributed by atoms with Crippen molar-refractivity contribution in [3.05, 3.63) is 168 Å². The Morgan fingerprint density at radius 1 is 0.723 bits per heavy atom. The van der Waals surface area contributed by atoms with Gasteiger partial charge in [-0.15, -0.1) is 23.8 Å². The van der Waals surface area contributed by atoms with Crippen LogP contribution in [0.4, 0.5) is 0 Å². The third-order valence-electron chi connectivity index (χ3n) is 12.0. The number of nitrogens with zero attached hydrogens (tertiary/aromatic N) is 3. The Morgan fingerprint density at radius 2 is 1.40 bits per heavy atom. The summed E-state index contributed by atoms with van der Waals surface area (Å²) in [6.07, 6.45) is 0.303. The smallest absolute Gasteiger partial charge is 0 e. The van der Waals surface area contributed by atoms with Gasteiger partial charge in [0.25, 0.3) is 0 Å². The number of rotatable bonds is 7. The standard InChI is InChI=1S/C39H31N2S.C20H28GeN.Ir/c1-23(2)27-12-9-13-28(24(3)4)37(27)41-35-15-8-7-14-34(35)40-39(41)26-17-21-36-33(22-26)32-20-19-30-29-11-6-5-10-25(29)16-18-31(30)38(32)42-36;1-15-8-10-16(11-9-15)19-12-17(13-20(2,3)4)18(14-22-19)21(5,6)7;/h5-16,18-24H,1-4H3;8-10,12,14H,13H2,1-7H3;/q2*-1;/i;1D3,13D2;. The number of thiophene rings is 1. The molecule has 7 aromatic carbocycles. The number of para-hydroxylation sites is 3. The molecule has 0 amide bonds. The van der Waals surface area contributed by atoms with Gasteiger partial charge in [0.1, 0.15) is 0 Å². The van der Waals surface area contributed by atoms with E-state index in [1.807, 2.05) is 44.4 Å². The Balaban J connectivity index is 0.000000205. The summed E-state index contributed by atoms with van der Waals surface area (Å²) in [5.74, 6) is 8.40. The molecular formula is C59H59GeIrN3S-2. The molecule has 0 saturated carbocycles. The fourth-order valence-corrected chi connectivity index (χ4v) is 13.0. The van der Waals surface area contributed by atoms with E-state index in [9.17, 15) is 0 Å². The Morgan fingerprint density at radius 3 is 2.09 bits per heavy atom. The average molecular weight is 1110 g/mol. The Labute approximate surface area is 413 Å². The zero-order valence-electron chi connectivity index (χ0n) is 43.9. The molecule has 0 bridgehead atoms. The average Bonchev–Trinajstić information content (AvgIpc) is 3.89. The number of aryl methyl sites for hydroxylation is 1. The van der Waals surface area contributed by atoms with Gasteiger partial charge in [-0.3, -0.25) is 4.98 Å². The van der Waals surface area contributed by atoms with Gasteiger partial charge in [-0.05, 0) is 66.7 Å². The van der Waals surface area contributed by atoms with Gasteiger partial charge in [-0.25, -0.2) is 0 Å². The van der Waals surface area contributed by atoms with Crippen molar-refractivity contribution in [3.63, 3.8) is 0 Å². The molecule has 6 heteroatoms. The number of hydrogen-bond donors (Lipinski definition) is 0. The minimum absolute atomic E-state index is 0. The van der Waals surface area contributed by atoms with Crippen LogP contribution in [0.25, 0.3) is 81.1 Å². The summed E-state index contributed by atoms with van der Waals surface area (Å²) in [4.78, 5) is 9.82. The number of imidazole rings is 1. The van der Waals surface area contributed by atoms with Crippen LogP contribution in [0, 0.1) is 24.4 Å². The molecule has 0 fully saturated rings. The molecule has 0 saturated heterocycles. The van der Waals surface area contributed by atoms with Crippen LogP contribution in [0.1, 0.15) is 89.4 Å². The summed E-state index contributed by atoms with van der Waals surface area (Å²) >= 11 is -0.492.